The van der Waals surface area contributed by atoms with E-state index in [0.717, 1.165) is 61.7 Å². The van der Waals surface area contributed by atoms with Crippen molar-refractivity contribution >= 4 is 16.9 Å². The number of nitrogens with zero attached hydrogens (tertiary/aromatic N) is 4. The molecule has 4 heterocycles. The molecule has 1 aliphatic heterocycles. The number of ether oxygens (including phenoxy) is 1. The number of carbonyl (C=O) groups excluding carboxylic acids is 1. The molecule has 3 aromatic heterocycles. The van der Waals surface area contributed by atoms with Crippen LogP contribution in [0.1, 0.15) is 55.4 Å². The maximum Gasteiger partial charge on any atom is 0.275 e. The first-order valence-corrected chi connectivity index (χ1v) is 11.3. The van der Waals surface area contributed by atoms with Crippen molar-refractivity contribution < 1.29 is 14.6 Å². The summed E-state index contributed by atoms with van der Waals surface area (Å²) in [7, 11) is 0. The predicted molar refractivity (Wildman–Crippen MR) is 118 cm³/mol. The van der Waals surface area contributed by atoms with Gasteiger partial charge in [0.2, 0.25) is 0 Å². The molecular formula is C23H27N5O4. The molecule has 5 rings (SSSR count). The number of aromatic nitrogens is 4. The SMILES string of the molecule is O=C1NCCCCCOc2ccnc3c2ccn3C2(CCCC2)Cn2cc(O)c(=O)c1n2. The molecule has 1 aliphatic carbocycles. The molecule has 1 fully saturated rings. The van der Waals surface area contributed by atoms with Crippen LogP contribution in [0.2, 0.25) is 0 Å². The van der Waals surface area contributed by atoms with Gasteiger partial charge in [0.1, 0.15) is 11.4 Å². The average molecular weight is 438 g/mol. The highest BCUT2D eigenvalue weighted by atomic mass is 16.5. The van der Waals surface area contributed by atoms with Crippen LogP contribution in [0.4, 0.5) is 0 Å². The quantitative estimate of drug-likeness (QED) is 0.559. The van der Waals surface area contributed by atoms with Crippen molar-refractivity contribution in [2.75, 3.05) is 13.2 Å². The fraction of sp³-hybridized carbons (Fsp3) is 0.478. The van der Waals surface area contributed by atoms with Crippen LogP contribution in [-0.2, 0) is 12.1 Å². The lowest BCUT2D eigenvalue weighted by atomic mass is 9.97. The summed E-state index contributed by atoms with van der Waals surface area (Å²) in [5.74, 6) is -0.208. The molecule has 1 saturated carbocycles. The number of hydrogen-bond donors (Lipinski definition) is 2. The summed E-state index contributed by atoms with van der Waals surface area (Å²) in [6, 6.07) is 3.94. The van der Waals surface area contributed by atoms with Gasteiger partial charge in [0.15, 0.2) is 11.4 Å². The topological polar surface area (TPSA) is 111 Å². The zero-order valence-electron chi connectivity index (χ0n) is 17.9. The summed E-state index contributed by atoms with van der Waals surface area (Å²) in [6.07, 6.45) is 11.5. The van der Waals surface area contributed by atoms with Gasteiger partial charge in [-0.15, -0.1) is 0 Å². The Bertz CT molecular complexity index is 1210. The van der Waals surface area contributed by atoms with E-state index in [1.165, 1.54) is 10.9 Å². The molecule has 0 atom stereocenters. The van der Waals surface area contributed by atoms with Gasteiger partial charge in [0, 0.05) is 18.9 Å². The summed E-state index contributed by atoms with van der Waals surface area (Å²) in [5.41, 5.74) is -0.507. The zero-order chi connectivity index (χ0) is 22.1. The van der Waals surface area contributed by atoms with E-state index < -0.39 is 17.1 Å². The predicted octanol–water partition coefficient (Wildman–Crippen LogP) is 2.56. The van der Waals surface area contributed by atoms with Crippen molar-refractivity contribution in [3.63, 3.8) is 0 Å². The van der Waals surface area contributed by atoms with Gasteiger partial charge in [-0.1, -0.05) is 12.8 Å². The molecule has 9 nitrogen and oxygen atoms in total. The second-order valence-electron chi connectivity index (χ2n) is 8.72. The maximum atomic E-state index is 12.6. The lowest BCUT2D eigenvalue weighted by Gasteiger charge is -2.32. The Hall–Kier alpha value is -3.36. The summed E-state index contributed by atoms with van der Waals surface area (Å²) >= 11 is 0. The number of nitrogens with one attached hydrogen (secondary N) is 1. The number of aromatic hydroxyl groups is 1. The van der Waals surface area contributed by atoms with Crippen LogP contribution in [-0.4, -0.2) is 43.5 Å². The van der Waals surface area contributed by atoms with E-state index in [2.05, 4.69) is 20.0 Å². The minimum absolute atomic E-state index is 0.274. The number of hydrogen-bond acceptors (Lipinski definition) is 6. The molecule has 1 spiro atoms. The Morgan fingerprint density at radius 2 is 1.94 bits per heavy atom. The third-order valence-electron chi connectivity index (χ3n) is 6.58. The van der Waals surface area contributed by atoms with E-state index in [0.29, 0.717) is 19.7 Å². The van der Waals surface area contributed by atoms with E-state index in [4.69, 9.17) is 4.74 Å². The lowest BCUT2D eigenvalue weighted by Crippen LogP contribution is -2.38. The van der Waals surface area contributed by atoms with Crippen LogP contribution in [0.15, 0.2) is 35.5 Å². The van der Waals surface area contributed by atoms with Crippen molar-refractivity contribution in [1.29, 1.82) is 0 Å². The molecule has 168 valence electrons. The van der Waals surface area contributed by atoms with Crippen molar-refractivity contribution in [2.45, 2.75) is 57.0 Å². The molecule has 9 heteroatoms. The van der Waals surface area contributed by atoms with Crippen molar-refractivity contribution in [2.24, 2.45) is 0 Å². The summed E-state index contributed by atoms with van der Waals surface area (Å²) in [6.45, 7) is 1.43. The normalized spacial score (nSPS) is 19.1. The van der Waals surface area contributed by atoms with Crippen LogP contribution in [0.25, 0.3) is 11.0 Å². The molecule has 6 bridgehead atoms. The fourth-order valence-electron chi connectivity index (χ4n) is 4.96. The number of pyridine rings is 1. The Balaban J connectivity index is 1.64. The van der Waals surface area contributed by atoms with Gasteiger partial charge >= 0.3 is 0 Å². The number of carbonyl (C=O) groups is 1. The Morgan fingerprint density at radius 1 is 1.09 bits per heavy atom. The molecule has 32 heavy (non-hydrogen) atoms. The van der Waals surface area contributed by atoms with Gasteiger partial charge in [0.05, 0.1) is 30.3 Å². The van der Waals surface area contributed by atoms with Crippen LogP contribution >= 0.6 is 0 Å². The second-order valence-corrected chi connectivity index (χ2v) is 8.72. The van der Waals surface area contributed by atoms with E-state index in [1.807, 2.05) is 18.3 Å². The monoisotopic (exact) mass is 437 g/mol. The highest BCUT2D eigenvalue weighted by Gasteiger charge is 2.38. The van der Waals surface area contributed by atoms with Gasteiger partial charge in [0.25, 0.3) is 11.3 Å². The smallest absolute Gasteiger partial charge is 0.275 e. The number of fused-ring (bicyclic) bond motifs is 3. The van der Waals surface area contributed by atoms with E-state index in [-0.39, 0.29) is 11.2 Å². The van der Waals surface area contributed by atoms with Gasteiger partial charge < -0.3 is 19.7 Å². The maximum absolute atomic E-state index is 12.6. The summed E-state index contributed by atoms with van der Waals surface area (Å²) in [4.78, 5) is 29.7. The van der Waals surface area contributed by atoms with Gasteiger partial charge in [-0.25, -0.2) is 4.98 Å². The molecule has 0 saturated heterocycles. The largest absolute Gasteiger partial charge is 0.503 e. The Labute approximate surface area is 185 Å². The van der Waals surface area contributed by atoms with E-state index >= 15 is 0 Å². The highest BCUT2D eigenvalue weighted by Crippen LogP contribution is 2.41. The van der Waals surface area contributed by atoms with Crippen LogP contribution in [0.5, 0.6) is 11.5 Å². The Morgan fingerprint density at radius 3 is 2.78 bits per heavy atom. The van der Waals surface area contributed by atoms with Gasteiger partial charge in [-0.3, -0.25) is 14.3 Å². The Kier molecular flexibility index (Phi) is 5.32. The molecule has 3 aromatic rings. The van der Waals surface area contributed by atoms with Gasteiger partial charge in [-0.2, -0.15) is 5.10 Å². The first-order chi connectivity index (χ1) is 15.6. The van der Waals surface area contributed by atoms with Crippen LogP contribution in [0.3, 0.4) is 0 Å². The summed E-state index contributed by atoms with van der Waals surface area (Å²) < 4.78 is 9.77. The fourth-order valence-corrected chi connectivity index (χ4v) is 4.96. The van der Waals surface area contributed by atoms with Crippen molar-refractivity contribution in [3.05, 3.63) is 46.6 Å². The van der Waals surface area contributed by atoms with Crippen LogP contribution in [0, 0.1) is 0 Å². The van der Waals surface area contributed by atoms with E-state index in [9.17, 15) is 14.7 Å². The molecule has 2 aliphatic rings. The molecule has 2 N–H and O–H groups in total. The van der Waals surface area contributed by atoms with Gasteiger partial charge in [-0.05, 0) is 44.2 Å². The highest BCUT2D eigenvalue weighted by molar-refractivity contribution is 5.92. The third kappa shape index (κ3) is 3.61. The molecule has 0 unspecified atom stereocenters. The molecule has 0 aromatic carbocycles. The second kappa shape index (κ2) is 8.29. The standard InChI is InChI=1S/C23H27N5O4/c29-17-14-27-15-23(8-2-3-9-23)28-12-7-16-18(6-11-24-21(16)28)32-13-5-1-4-10-25-22(31)19(26-27)20(17)30/h6-7,11-12,14,29H,1-5,8-10,13,15H2,(H,25,31). The molecular weight excluding hydrogens is 410 g/mol. The average Bonchev–Trinajstić information content (AvgIpc) is 3.43. The first-order valence-electron chi connectivity index (χ1n) is 11.3. The number of amides is 1. The minimum atomic E-state index is -0.747. The van der Waals surface area contributed by atoms with E-state index in [1.54, 1.807) is 6.20 Å². The van der Waals surface area contributed by atoms with Crippen molar-refractivity contribution in [1.82, 2.24) is 24.6 Å². The molecule has 1 amide bonds. The molecule has 0 radical (unpaired) electrons. The first kappa shape index (κ1) is 20.5. The number of rotatable bonds is 0. The summed E-state index contributed by atoms with van der Waals surface area (Å²) in [5, 5.41) is 18.3. The minimum Gasteiger partial charge on any atom is -0.503 e. The van der Waals surface area contributed by atoms with Crippen molar-refractivity contribution in [3.8, 4) is 11.5 Å². The zero-order valence-corrected chi connectivity index (χ0v) is 17.9. The van der Waals surface area contributed by atoms with Crippen LogP contribution < -0.4 is 15.5 Å². The lowest BCUT2D eigenvalue weighted by molar-refractivity contribution is 0.0942. The third-order valence-corrected chi connectivity index (χ3v) is 6.58.